The second-order valence-electron chi connectivity index (χ2n) is 5.26. The van der Waals surface area contributed by atoms with E-state index in [4.69, 9.17) is 4.74 Å². The van der Waals surface area contributed by atoms with E-state index in [-0.39, 0.29) is 5.54 Å². The number of ether oxygens (including phenoxy) is 1. The molecule has 0 radical (unpaired) electrons. The lowest BCUT2D eigenvalue weighted by molar-refractivity contribution is -0.108. The van der Waals surface area contributed by atoms with Crippen LogP contribution in [0.1, 0.15) is 40.5 Å². The van der Waals surface area contributed by atoms with Crippen LogP contribution in [0.5, 0.6) is 0 Å². The summed E-state index contributed by atoms with van der Waals surface area (Å²) in [5.41, 5.74) is -0.839. The van der Waals surface area contributed by atoms with Gasteiger partial charge in [-0.1, -0.05) is 6.92 Å². The Morgan fingerprint density at radius 1 is 1.60 bits per heavy atom. The average Bonchev–Trinajstić information content (AvgIpc) is 2.56. The van der Waals surface area contributed by atoms with Crippen LogP contribution in [-0.4, -0.2) is 23.5 Å². The number of nitrogens with one attached hydrogen (secondary N) is 1. The van der Waals surface area contributed by atoms with Crippen LogP contribution in [0.15, 0.2) is 0 Å². The first-order chi connectivity index (χ1) is 6.79. The summed E-state index contributed by atoms with van der Waals surface area (Å²) in [7, 11) is 0. The predicted molar refractivity (Wildman–Crippen MR) is 56.6 cm³/mol. The molecule has 86 valence electrons. The van der Waals surface area contributed by atoms with Crippen LogP contribution >= 0.6 is 0 Å². The predicted octanol–water partition coefficient (Wildman–Crippen LogP) is 1.88. The highest BCUT2D eigenvalue weighted by Crippen LogP contribution is 2.45. The number of aldehydes is 1. The van der Waals surface area contributed by atoms with Crippen molar-refractivity contribution in [2.24, 2.45) is 5.92 Å². The van der Waals surface area contributed by atoms with E-state index in [0.29, 0.717) is 12.3 Å². The van der Waals surface area contributed by atoms with Crippen LogP contribution in [0.4, 0.5) is 4.79 Å². The second kappa shape index (κ2) is 3.83. The zero-order chi connectivity index (χ0) is 11.7. The molecule has 0 aromatic heterocycles. The first-order valence-corrected chi connectivity index (χ1v) is 5.24. The Kier molecular flexibility index (Phi) is 3.07. The summed E-state index contributed by atoms with van der Waals surface area (Å²) in [4.78, 5) is 22.0. The van der Waals surface area contributed by atoms with Crippen LogP contribution in [0.3, 0.4) is 0 Å². The Balaban J connectivity index is 2.47. The molecule has 0 aromatic rings. The van der Waals surface area contributed by atoms with Crippen molar-refractivity contribution in [2.75, 3.05) is 0 Å². The number of alkyl carbamates (subject to hydrolysis) is 1. The molecular formula is C11H19NO3. The van der Waals surface area contributed by atoms with E-state index < -0.39 is 11.7 Å². The number of carbonyl (C=O) groups excluding carboxylic acids is 2. The van der Waals surface area contributed by atoms with Crippen molar-refractivity contribution in [3.63, 3.8) is 0 Å². The molecule has 1 aliphatic carbocycles. The molecule has 4 heteroatoms. The standard InChI is InChI=1S/C11H19NO3/c1-8-7-11(8,5-6-13)12-9(14)15-10(2,3)4/h6,8H,5,7H2,1-4H3,(H,12,14). The van der Waals surface area contributed by atoms with E-state index in [2.05, 4.69) is 5.32 Å². The van der Waals surface area contributed by atoms with Gasteiger partial charge in [0.1, 0.15) is 11.9 Å². The lowest BCUT2D eigenvalue weighted by Crippen LogP contribution is -2.42. The van der Waals surface area contributed by atoms with Crippen LogP contribution in [0, 0.1) is 5.92 Å². The number of carbonyl (C=O) groups is 2. The van der Waals surface area contributed by atoms with Crippen molar-refractivity contribution in [3.05, 3.63) is 0 Å². The second-order valence-corrected chi connectivity index (χ2v) is 5.26. The quantitative estimate of drug-likeness (QED) is 0.728. The smallest absolute Gasteiger partial charge is 0.408 e. The summed E-state index contributed by atoms with van der Waals surface area (Å²) in [6.07, 6.45) is 1.63. The molecular weight excluding hydrogens is 194 g/mol. The largest absolute Gasteiger partial charge is 0.444 e. The van der Waals surface area contributed by atoms with E-state index in [1.807, 2.05) is 27.7 Å². The summed E-state index contributed by atoms with van der Waals surface area (Å²) in [6.45, 7) is 7.46. The monoisotopic (exact) mass is 213 g/mol. The maximum absolute atomic E-state index is 11.5. The van der Waals surface area contributed by atoms with Gasteiger partial charge in [0, 0.05) is 6.42 Å². The highest BCUT2D eigenvalue weighted by atomic mass is 16.6. The number of hydrogen-bond donors (Lipinski definition) is 1. The van der Waals surface area contributed by atoms with Crippen molar-refractivity contribution in [3.8, 4) is 0 Å². The molecule has 1 rings (SSSR count). The van der Waals surface area contributed by atoms with Crippen molar-refractivity contribution in [1.29, 1.82) is 0 Å². The van der Waals surface area contributed by atoms with Crippen LogP contribution < -0.4 is 5.32 Å². The highest BCUT2D eigenvalue weighted by molar-refractivity contribution is 5.71. The van der Waals surface area contributed by atoms with Gasteiger partial charge in [-0.3, -0.25) is 0 Å². The van der Waals surface area contributed by atoms with Gasteiger partial charge in [0.15, 0.2) is 0 Å². The molecule has 2 atom stereocenters. The molecule has 0 spiro atoms. The van der Waals surface area contributed by atoms with Gasteiger partial charge in [-0.25, -0.2) is 4.79 Å². The molecule has 0 aromatic carbocycles. The van der Waals surface area contributed by atoms with Gasteiger partial charge in [-0.2, -0.15) is 0 Å². The van der Waals surface area contributed by atoms with Crippen molar-refractivity contribution >= 4 is 12.4 Å². The molecule has 0 bridgehead atoms. The van der Waals surface area contributed by atoms with Crippen molar-refractivity contribution in [2.45, 2.75) is 51.7 Å². The van der Waals surface area contributed by atoms with Crippen LogP contribution in [-0.2, 0) is 9.53 Å². The number of amides is 1. The van der Waals surface area contributed by atoms with E-state index in [1.165, 1.54) is 0 Å². The van der Waals surface area contributed by atoms with E-state index in [0.717, 1.165) is 12.7 Å². The Hall–Kier alpha value is -1.06. The zero-order valence-electron chi connectivity index (χ0n) is 9.79. The Labute approximate surface area is 90.4 Å². The number of rotatable bonds is 3. The van der Waals surface area contributed by atoms with Gasteiger partial charge in [0.2, 0.25) is 0 Å². The fraction of sp³-hybridized carbons (Fsp3) is 0.818. The third-order valence-corrected chi connectivity index (χ3v) is 2.65. The van der Waals surface area contributed by atoms with Crippen LogP contribution in [0.2, 0.25) is 0 Å². The molecule has 4 nitrogen and oxygen atoms in total. The molecule has 0 aliphatic heterocycles. The normalized spacial score (nSPS) is 29.5. The molecule has 1 N–H and O–H groups in total. The van der Waals surface area contributed by atoms with Gasteiger partial charge in [0.25, 0.3) is 0 Å². The Morgan fingerprint density at radius 3 is 2.47 bits per heavy atom. The topological polar surface area (TPSA) is 55.4 Å². The minimum Gasteiger partial charge on any atom is -0.444 e. The maximum Gasteiger partial charge on any atom is 0.408 e. The summed E-state index contributed by atoms with van der Waals surface area (Å²) in [6, 6.07) is 0. The molecule has 0 saturated heterocycles. The molecule has 0 heterocycles. The fourth-order valence-electron chi connectivity index (χ4n) is 1.65. The first-order valence-electron chi connectivity index (χ1n) is 5.24. The highest BCUT2D eigenvalue weighted by Gasteiger charge is 2.52. The lowest BCUT2D eigenvalue weighted by atomic mass is 10.1. The van der Waals surface area contributed by atoms with E-state index >= 15 is 0 Å². The van der Waals surface area contributed by atoms with Gasteiger partial charge in [-0.15, -0.1) is 0 Å². The molecule has 1 aliphatic rings. The maximum atomic E-state index is 11.5. The first kappa shape index (κ1) is 12.0. The molecule has 15 heavy (non-hydrogen) atoms. The summed E-state index contributed by atoms with van der Waals surface area (Å²) in [5, 5.41) is 2.78. The van der Waals surface area contributed by atoms with Crippen molar-refractivity contribution < 1.29 is 14.3 Å². The fourth-order valence-corrected chi connectivity index (χ4v) is 1.65. The lowest BCUT2D eigenvalue weighted by Gasteiger charge is -2.23. The summed E-state index contributed by atoms with van der Waals surface area (Å²) < 4.78 is 5.14. The molecule has 2 unspecified atom stereocenters. The molecule has 1 saturated carbocycles. The minimum atomic E-state index is -0.495. The molecule has 1 fully saturated rings. The third-order valence-electron chi connectivity index (χ3n) is 2.65. The number of hydrogen-bond acceptors (Lipinski definition) is 3. The summed E-state index contributed by atoms with van der Waals surface area (Å²) in [5.74, 6) is 0.357. The van der Waals surface area contributed by atoms with E-state index in [1.54, 1.807) is 0 Å². The van der Waals surface area contributed by atoms with Gasteiger partial charge in [-0.05, 0) is 33.1 Å². The Morgan fingerprint density at radius 2 is 2.13 bits per heavy atom. The van der Waals surface area contributed by atoms with Gasteiger partial charge >= 0.3 is 6.09 Å². The average molecular weight is 213 g/mol. The SMILES string of the molecule is CC1CC1(CC=O)NC(=O)OC(C)(C)C. The van der Waals surface area contributed by atoms with Crippen molar-refractivity contribution in [1.82, 2.24) is 5.32 Å². The van der Waals surface area contributed by atoms with E-state index in [9.17, 15) is 9.59 Å². The minimum absolute atomic E-state index is 0.343. The zero-order valence-corrected chi connectivity index (χ0v) is 9.79. The van der Waals surface area contributed by atoms with Gasteiger partial charge < -0.3 is 14.8 Å². The summed E-state index contributed by atoms with van der Waals surface area (Å²) >= 11 is 0. The Bertz CT molecular complexity index is 269. The molecule has 1 amide bonds. The van der Waals surface area contributed by atoms with Gasteiger partial charge in [0.05, 0.1) is 5.54 Å². The third kappa shape index (κ3) is 3.22. The van der Waals surface area contributed by atoms with Crippen LogP contribution in [0.25, 0.3) is 0 Å².